The molecule has 0 bridgehead atoms. The van der Waals surface area contributed by atoms with Crippen LogP contribution in [0.5, 0.6) is 0 Å². The summed E-state index contributed by atoms with van der Waals surface area (Å²) in [5, 5.41) is 15.0. The van der Waals surface area contributed by atoms with Crippen molar-refractivity contribution in [2.75, 3.05) is 32.7 Å². The summed E-state index contributed by atoms with van der Waals surface area (Å²) in [5.74, 6) is -1.66. The summed E-state index contributed by atoms with van der Waals surface area (Å²) < 4.78 is 26.9. The highest BCUT2D eigenvalue weighted by molar-refractivity contribution is 5.79. The summed E-state index contributed by atoms with van der Waals surface area (Å²) in [6, 6.07) is 12.7. The number of aliphatic hydroxyl groups is 1. The number of nitrogens with one attached hydrogen (secondary N) is 1. The van der Waals surface area contributed by atoms with E-state index in [9.17, 15) is 23.5 Å². The van der Waals surface area contributed by atoms with Crippen LogP contribution in [0.15, 0.2) is 61.2 Å². The van der Waals surface area contributed by atoms with E-state index in [4.69, 9.17) is 0 Å². The monoisotopic (exact) mass is 566 g/mol. The first-order valence-corrected chi connectivity index (χ1v) is 14.7. The second kappa shape index (κ2) is 12.7. The van der Waals surface area contributed by atoms with Crippen LogP contribution < -0.4 is 5.32 Å². The molecule has 3 amide bonds. The maximum atomic E-state index is 13.6. The van der Waals surface area contributed by atoms with Crippen molar-refractivity contribution < 1.29 is 23.5 Å². The lowest BCUT2D eigenvalue weighted by molar-refractivity contribution is -0.135. The Balaban J connectivity index is 1.25. The van der Waals surface area contributed by atoms with Crippen LogP contribution in [-0.4, -0.2) is 76.6 Å². The van der Waals surface area contributed by atoms with E-state index in [-0.39, 0.29) is 43.0 Å². The maximum absolute atomic E-state index is 13.6. The minimum atomic E-state index is -1.18. The van der Waals surface area contributed by atoms with Gasteiger partial charge in [-0.3, -0.25) is 9.69 Å². The Labute approximate surface area is 240 Å². The lowest BCUT2D eigenvalue weighted by atomic mass is 9.86. The number of likely N-dealkylation sites (tertiary alicyclic amines) is 2. The number of rotatable bonds is 8. The van der Waals surface area contributed by atoms with Crippen molar-refractivity contribution in [1.82, 2.24) is 20.0 Å². The molecule has 220 valence electrons. The molecule has 3 fully saturated rings. The molecule has 7 nitrogen and oxygen atoms in total. The molecule has 0 radical (unpaired) electrons. The van der Waals surface area contributed by atoms with Gasteiger partial charge in [-0.25, -0.2) is 13.6 Å². The van der Waals surface area contributed by atoms with E-state index >= 15 is 0 Å². The molecule has 0 spiro atoms. The molecular weight excluding hydrogens is 526 g/mol. The third-order valence-electron chi connectivity index (χ3n) is 9.06. The molecule has 2 atom stereocenters. The molecule has 0 unspecified atom stereocenters. The maximum Gasteiger partial charge on any atom is 0.318 e. The largest absolute Gasteiger partial charge is 0.382 e. The lowest BCUT2D eigenvalue weighted by Gasteiger charge is -2.43. The number of benzene rings is 2. The van der Waals surface area contributed by atoms with Gasteiger partial charge in [-0.2, -0.15) is 0 Å². The lowest BCUT2D eigenvalue weighted by Crippen LogP contribution is -2.56. The minimum Gasteiger partial charge on any atom is -0.382 e. The second-order valence-electron chi connectivity index (χ2n) is 11.6. The molecule has 1 saturated carbocycles. The number of hydrogen-bond acceptors (Lipinski definition) is 4. The summed E-state index contributed by atoms with van der Waals surface area (Å²) in [6.45, 7) is 6.35. The molecule has 2 aliphatic heterocycles. The highest BCUT2D eigenvalue weighted by Crippen LogP contribution is 2.39. The summed E-state index contributed by atoms with van der Waals surface area (Å²) in [7, 11) is 0. The predicted octanol–water partition coefficient (Wildman–Crippen LogP) is 4.42. The molecule has 2 saturated heterocycles. The fourth-order valence-corrected chi connectivity index (χ4v) is 6.82. The molecule has 0 aromatic heterocycles. The minimum absolute atomic E-state index is 0.0448. The molecule has 5 rings (SSSR count). The van der Waals surface area contributed by atoms with Crippen LogP contribution in [0.3, 0.4) is 0 Å². The van der Waals surface area contributed by atoms with Gasteiger partial charge in [0.1, 0.15) is 5.60 Å². The second-order valence-corrected chi connectivity index (χ2v) is 11.6. The van der Waals surface area contributed by atoms with Crippen molar-refractivity contribution in [3.8, 4) is 0 Å². The SMILES string of the molecule is C=CCN(C(=O)NCc1ccc(F)c(F)c1)C1CCN([C@H]2CN(C(=O)C3CCCC3)C[C@]2(O)c2ccccc2)CC1. The van der Waals surface area contributed by atoms with E-state index in [0.717, 1.165) is 43.4 Å². The van der Waals surface area contributed by atoms with Gasteiger partial charge in [0.2, 0.25) is 5.91 Å². The number of piperidine rings is 1. The predicted molar refractivity (Wildman–Crippen MR) is 153 cm³/mol. The Hall–Kier alpha value is -3.30. The van der Waals surface area contributed by atoms with Gasteiger partial charge >= 0.3 is 6.03 Å². The van der Waals surface area contributed by atoms with Gasteiger partial charge in [-0.05, 0) is 48.9 Å². The molecule has 2 N–H and O–H groups in total. The van der Waals surface area contributed by atoms with Crippen molar-refractivity contribution in [2.45, 2.75) is 62.8 Å². The Morgan fingerprint density at radius 1 is 1.05 bits per heavy atom. The Kier molecular flexibility index (Phi) is 9.04. The van der Waals surface area contributed by atoms with E-state index in [1.807, 2.05) is 35.2 Å². The van der Waals surface area contributed by atoms with Crippen LogP contribution in [0.4, 0.5) is 13.6 Å². The summed E-state index contributed by atoms with van der Waals surface area (Å²) in [6.07, 6.45) is 7.09. The number of amides is 3. The smallest absolute Gasteiger partial charge is 0.318 e. The van der Waals surface area contributed by atoms with E-state index in [0.29, 0.717) is 44.6 Å². The summed E-state index contributed by atoms with van der Waals surface area (Å²) in [4.78, 5) is 32.4. The third kappa shape index (κ3) is 6.31. The van der Waals surface area contributed by atoms with Crippen molar-refractivity contribution >= 4 is 11.9 Å². The number of carbonyl (C=O) groups is 2. The van der Waals surface area contributed by atoms with Crippen LogP contribution >= 0.6 is 0 Å². The number of carbonyl (C=O) groups excluding carboxylic acids is 2. The van der Waals surface area contributed by atoms with Crippen LogP contribution in [-0.2, 0) is 16.9 Å². The molecule has 3 aliphatic rings. The first-order valence-electron chi connectivity index (χ1n) is 14.7. The van der Waals surface area contributed by atoms with Crippen LogP contribution in [0.25, 0.3) is 0 Å². The number of halogens is 2. The third-order valence-corrected chi connectivity index (χ3v) is 9.06. The number of hydrogen-bond donors (Lipinski definition) is 2. The van der Waals surface area contributed by atoms with Crippen molar-refractivity contribution in [2.24, 2.45) is 5.92 Å². The number of nitrogens with zero attached hydrogens (tertiary/aromatic N) is 3. The van der Waals surface area contributed by atoms with Gasteiger partial charge in [0.05, 0.1) is 12.6 Å². The fourth-order valence-electron chi connectivity index (χ4n) is 6.82. The van der Waals surface area contributed by atoms with Crippen molar-refractivity contribution in [3.05, 3.63) is 83.9 Å². The zero-order chi connectivity index (χ0) is 29.0. The summed E-state index contributed by atoms with van der Waals surface area (Å²) in [5.41, 5.74) is 0.118. The zero-order valence-corrected chi connectivity index (χ0v) is 23.5. The number of urea groups is 1. The first-order chi connectivity index (χ1) is 19.8. The number of β-amino-alcohol motifs (C(OH)–C–C–N with tert-alkyl or cyclic N) is 1. The Bertz CT molecular complexity index is 1230. The average molecular weight is 567 g/mol. The van der Waals surface area contributed by atoms with Gasteiger partial charge in [-0.15, -0.1) is 6.58 Å². The van der Waals surface area contributed by atoms with Gasteiger partial charge in [0.25, 0.3) is 0 Å². The van der Waals surface area contributed by atoms with E-state index in [1.165, 1.54) is 6.07 Å². The first kappa shape index (κ1) is 29.2. The van der Waals surface area contributed by atoms with Crippen LogP contribution in [0.2, 0.25) is 0 Å². The summed E-state index contributed by atoms with van der Waals surface area (Å²) >= 11 is 0. The molecule has 41 heavy (non-hydrogen) atoms. The molecular formula is C32H40F2N4O3. The average Bonchev–Trinajstić information content (AvgIpc) is 3.66. The Morgan fingerprint density at radius 2 is 1.76 bits per heavy atom. The van der Waals surface area contributed by atoms with Crippen molar-refractivity contribution in [1.29, 1.82) is 0 Å². The molecule has 2 heterocycles. The topological polar surface area (TPSA) is 76.1 Å². The highest BCUT2D eigenvalue weighted by Gasteiger charge is 2.51. The highest BCUT2D eigenvalue weighted by atomic mass is 19.2. The molecule has 1 aliphatic carbocycles. The van der Waals surface area contributed by atoms with Gasteiger partial charge in [0, 0.05) is 44.7 Å². The quantitative estimate of drug-likeness (QED) is 0.464. The molecule has 2 aromatic rings. The molecule has 2 aromatic carbocycles. The standard InChI is InChI=1S/C32H40F2N4O3/c1-2-16-38(31(40)35-20-23-12-13-27(33)28(34)19-23)26-14-17-36(18-15-26)29-21-37(30(39)24-8-6-7-9-24)22-32(29,41)25-10-4-3-5-11-25/h2-5,10-13,19,24,26,29,41H,1,6-9,14-18,20-22H2,(H,35,40)/t29-,32-/m0/s1. The van der Waals surface area contributed by atoms with E-state index < -0.39 is 17.2 Å². The van der Waals surface area contributed by atoms with Gasteiger partial charge in [-0.1, -0.05) is 55.3 Å². The van der Waals surface area contributed by atoms with Crippen LogP contribution in [0.1, 0.15) is 49.7 Å². The molecule has 9 heteroatoms. The van der Waals surface area contributed by atoms with Gasteiger partial charge < -0.3 is 20.2 Å². The van der Waals surface area contributed by atoms with E-state index in [2.05, 4.69) is 16.8 Å². The van der Waals surface area contributed by atoms with Gasteiger partial charge in [0.15, 0.2) is 11.6 Å². The normalized spacial score (nSPS) is 24.0. The fraction of sp³-hybridized carbons (Fsp3) is 0.500. The van der Waals surface area contributed by atoms with Crippen LogP contribution in [0, 0.1) is 17.6 Å². The Morgan fingerprint density at radius 3 is 2.41 bits per heavy atom. The van der Waals surface area contributed by atoms with Crippen molar-refractivity contribution in [3.63, 3.8) is 0 Å². The zero-order valence-electron chi connectivity index (χ0n) is 23.5. The van der Waals surface area contributed by atoms with E-state index in [1.54, 1.807) is 11.0 Å².